The summed E-state index contributed by atoms with van der Waals surface area (Å²) in [5.74, 6) is -0.933. The molecule has 3 heterocycles. The number of rotatable bonds is 8. The molecular formula is C43H72O15. The van der Waals surface area contributed by atoms with Gasteiger partial charge in [-0.15, -0.1) is 0 Å². The summed E-state index contributed by atoms with van der Waals surface area (Å²) in [6.07, 6.45) is -10.3. The number of ether oxygens (including phenoxy) is 6. The lowest BCUT2D eigenvalue weighted by molar-refractivity contribution is -0.377. The summed E-state index contributed by atoms with van der Waals surface area (Å²) in [5, 5.41) is 89.4. The SMILES string of the molecule is CC(=O)OC[C@H]1O[C@H](O[C@H]2C[C@]3(C)[C@H](C[C@@H](O)[C@@H]4[C@@H]([C@]5(C)CC[C@@H](C(C)(C)O)O5)CC[C@]43C)[C@@]3(C)CC[C@H](O)C(C)(C)[C@@H]23)[C@H](O[C@H]2OC[C@@H](O)[C@H](O)[C@H]2O)[C@@H](O)[C@@H]1O. The summed E-state index contributed by atoms with van der Waals surface area (Å²) < 4.78 is 37.2. The fourth-order valence-electron chi connectivity index (χ4n) is 14.1. The quantitative estimate of drug-likeness (QED) is 0.128. The van der Waals surface area contributed by atoms with Gasteiger partial charge in [0.05, 0.1) is 42.2 Å². The second-order valence-electron chi connectivity index (χ2n) is 21.4. The number of hydrogen-bond acceptors (Lipinski definition) is 15. The second kappa shape index (κ2) is 15.3. The first kappa shape index (κ1) is 45.0. The molecule has 0 aromatic rings. The summed E-state index contributed by atoms with van der Waals surface area (Å²) in [5.41, 5.74) is -3.47. The molecule has 21 atom stereocenters. The van der Waals surface area contributed by atoms with Crippen molar-refractivity contribution in [1.29, 1.82) is 0 Å². The van der Waals surface area contributed by atoms with Gasteiger partial charge in [0.1, 0.15) is 49.3 Å². The lowest BCUT2D eigenvalue weighted by atomic mass is 9.34. The molecule has 15 nitrogen and oxygen atoms in total. The molecule has 3 aliphatic heterocycles. The van der Waals surface area contributed by atoms with Crippen LogP contribution in [0.15, 0.2) is 0 Å². The Morgan fingerprint density at radius 3 is 2.12 bits per heavy atom. The Morgan fingerprint density at radius 1 is 0.793 bits per heavy atom. The maximum Gasteiger partial charge on any atom is 0.302 e. The summed E-state index contributed by atoms with van der Waals surface area (Å²) in [4.78, 5) is 11.9. The van der Waals surface area contributed by atoms with Crippen molar-refractivity contribution < 1.29 is 74.1 Å². The van der Waals surface area contributed by atoms with Crippen molar-refractivity contribution in [2.24, 2.45) is 45.3 Å². The van der Waals surface area contributed by atoms with E-state index < -0.39 is 114 Å². The minimum absolute atomic E-state index is 0.0372. The van der Waals surface area contributed by atoms with Gasteiger partial charge in [-0.1, -0.05) is 34.6 Å². The molecule has 4 aliphatic carbocycles. The van der Waals surface area contributed by atoms with Gasteiger partial charge in [0, 0.05) is 6.92 Å². The van der Waals surface area contributed by atoms with Crippen LogP contribution in [0.5, 0.6) is 0 Å². The third-order valence-corrected chi connectivity index (χ3v) is 17.3. The Balaban J connectivity index is 1.26. The van der Waals surface area contributed by atoms with Crippen LogP contribution in [0.3, 0.4) is 0 Å². The molecule has 0 unspecified atom stereocenters. The highest BCUT2D eigenvalue weighted by Gasteiger charge is 2.74. The van der Waals surface area contributed by atoms with Gasteiger partial charge in [0.2, 0.25) is 0 Å². The fourth-order valence-corrected chi connectivity index (χ4v) is 14.1. The molecule has 0 aromatic carbocycles. The molecule has 0 aromatic heterocycles. The molecule has 0 bridgehead atoms. The van der Waals surface area contributed by atoms with Gasteiger partial charge in [-0.2, -0.15) is 0 Å². The number of carbonyl (C=O) groups is 1. The predicted molar refractivity (Wildman–Crippen MR) is 205 cm³/mol. The summed E-state index contributed by atoms with van der Waals surface area (Å²) in [7, 11) is 0. The molecule has 58 heavy (non-hydrogen) atoms. The molecular weight excluding hydrogens is 756 g/mol. The molecule has 8 N–H and O–H groups in total. The minimum Gasteiger partial charge on any atom is -0.463 e. The highest BCUT2D eigenvalue weighted by atomic mass is 16.8. The average Bonchev–Trinajstić information content (AvgIpc) is 3.73. The topological polar surface area (TPSA) is 234 Å². The Labute approximate surface area is 342 Å². The summed E-state index contributed by atoms with van der Waals surface area (Å²) in [6.45, 7) is 17.2. The monoisotopic (exact) mass is 828 g/mol. The first-order valence-electron chi connectivity index (χ1n) is 21.7. The number of fused-ring (bicyclic) bond motifs is 5. The van der Waals surface area contributed by atoms with Crippen LogP contribution < -0.4 is 0 Å². The van der Waals surface area contributed by atoms with Gasteiger partial charge in [0.25, 0.3) is 0 Å². The van der Waals surface area contributed by atoms with Crippen LogP contribution in [-0.4, -0.2) is 151 Å². The van der Waals surface area contributed by atoms with Crippen LogP contribution in [0.25, 0.3) is 0 Å². The van der Waals surface area contributed by atoms with E-state index in [1.165, 1.54) is 6.92 Å². The van der Waals surface area contributed by atoms with E-state index in [-0.39, 0.29) is 41.8 Å². The molecule has 4 saturated carbocycles. The Kier molecular flexibility index (Phi) is 11.9. The molecule has 0 spiro atoms. The van der Waals surface area contributed by atoms with Crippen molar-refractivity contribution >= 4 is 5.97 Å². The van der Waals surface area contributed by atoms with E-state index >= 15 is 0 Å². The van der Waals surface area contributed by atoms with E-state index in [0.29, 0.717) is 25.7 Å². The molecule has 3 saturated heterocycles. The molecule has 334 valence electrons. The van der Waals surface area contributed by atoms with Gasteiger partial charge in [-0.25, -0.2) is 0 Å². The molecule has 7 fully saturated rings. The van der Waals surface area contributed by atoms with E-state index in [0.717, 1.165) is 25.7 Å². The number of esters is 1. The second-order valence-corrected chi connectivity index (χ2v) is 21.4. The van der Waals surface area contributed by atoms with Crippen LogP contribution in [0.4, 0.5) is 0 Å². The van der Waals surface area contributed by atoms with E-state index in [1.807, 2.05) is 13.8 Å². The number of hydrogen-bond donors (Lipinski definition) is 8. The largest absolute Gasteiger partial charge is 0.463 e. The van der Waals surface area contributed by atoms with E-state index in [4.69, 9.17) is 28.4 Å². The van der Waals surface area contributed by atoms with Crippen molar-refractivity contribution in [2.75, 3.05) is 13.2 Å². The maximum absolute atomic E-state index is 12.4. The number of carbonyl (C=O) groups excluding carboxylic acids is 1. The van der Waals surface area contributed by atoms with Crippen LogP contribution in [0, 0.1) is 45.3 Å². The molecule has 15 heteroatoms. The van der Waals surface area contributed by atoms with Gasteiger partial charge >= 0.3 is 5.97 Å². The van der Waals surface area contributed by atoms with Crippen molar-refractivity contribution in [3.05, 3.63) is 0 Å². The van der Waals surface area contributed by atoms with Crippen LogP contribution in [0.2, 0.25) is 0 Å². The van der Waals surface area contributed by atoms with E-state index in [1.54, 1.807) is 13.8 Å². The zero-order chi connectivity index (χ0) is 42.7. The first-order valence-corrected chi connectivity index (χ1v) is 21.7. The van der Waals surface area contributed by atoms with Crippen molar-refractivity contribution in [1.82, 2.24) is 0 Å². The maximum atomic E-state index is 12.4. The fraction of sp³-hybridized carbons (Fsp3) is 0.977. The summed E-state index contributed by atoms with van der Waals surface area (Å²) >= 11 is 0. The number of aliphatic hydroxyl groups is 8. The van der Waals surface area contributed by atoms with Crippen molar-refractivity contribution in [3.63, 3.8) is 0 Å². The third kappa shape index (κ3) is 7.11. The van der Waals surface area contributed by atoms with Gasteiger partial charge in [-0.3, -0.25) is 4.79 Å². The highest BCUT2D eigenvalue weighted by molar-refractivity contribution is 5.65. The Morgan fingerprint density at radius 2 is 1.48 bits per heavy atom. The normalized spacial score (nSPS) is 54.3. The summed E-state index contributed by atoms with van der Waals surface area (Å²) in [6, 6.07) is 0. The van der Waals surface area contributed by atoms with Gasteiger partial charge < -0.3 is 69.3 Å². The van der Waals surface area contributed by atoms with Gasteiger partial charge in [-0.05, 0) is 117 Å². The molecule has 0 radical (unpaired) electrons. The van der Waals surface area contributed by atoms with Crippen molar-refractivity contribution in [2.45, 2.75) is 205 Å². The molecule has 7 aliphatic rings. The zero-order valence-corrected chi connectivity index (χ0v) is 35.8. The Bertz CT molecular complexity index is 1510. The number of aliphatic hydroxyl groups excluding tert-OH is 7. The lowest BCUT2D eigenvalue weighted by Gasteiger charge is -2.72. The molecule has 0 amide bonds. The lowest BCUT2D eigenvalue weighted by Crippen LogP contribution is -2.71. The van der Waals surface area contributed by atoms with Crippen LogP contribution >= 0.6 is 0 Å². The van der Waals surface area contributed by atoms with Crippen LogP contribution in [0.1, 0.15) is 114 Å². The standard InChI is InChI=1S/C43H72O15/c1-20(44)53-19-25-31(49)32(50)34(57-36-33(51)30(48)23(46)18-54-36)37(56-25)55-24-17-42(8)26(40(6)13-11-27(47)38(2,3)35(24)40)16-22(45)29-21(10-14-41(29,42)7)43(9)15-12-28(58-43)39(4,5)52/h21-37,45-52H,10-19H2,1-9H3/t21-,22+,23+,24-,25+,26+,27-,28-,29-,30-,31+,32-,33+,34+,35+,36+,37-,40+,41+,42+,43-/m0/s1. The van der Waals surface area contributed by atoms with E-state index in [9.17, 15) is 45.6 Å². The van der Waals surface area contributed by atoms with E-state index in [2.05, 4.69) is 27.7 Å². The van der Waals surface area contributed by atoms with Crippen LogP contribution in [-0.2, 0) is 33.2 Å². The molecule has 7 rings (SSSR count). The van der Waals surface area contributed by atoms with Crippen molar-refractivity contribution in [3.8, 4) is 0 Å². The Hall–Kier alpha value is -1.05. The minimum atomic E-state index is -1.71. The smallest absolute Gasteiger partial charge is 0.302 e. The third-order valence-electron chi connectivity index (χ3n) is 17.3. The highest BCUT2D eigenvalue weighted by Crippen LogP contribution is 2.76. The first-order chi connectivity index (χ1) is 26.8. The zero-order valence-electron chi connectivity index (χ0n) is 35.8. The van der Waals surface area contributed by atoms with Gasteiger partial charge in [0.15, 0.2) is 12.6 Å². The average molecular weight is 829 g/mol. The predicted octanol–water partition coefficient (Wildman–Crippen LogP) is 1.54.